The van der Waals surface area contributed by atoms with Crippen LogP contribution in [0, 0.1) is 0 Å². The summed E-state index contributed by atoms with van der Waals surface area (Å²) in [6.45, 7) is 1.16. The summed E-state index contributed by atoms with van der Waals surface area (Å²) >= 11 is 0. The second kappa shape index (κ2) is 23.2. The van der Waals surface area contributed by atoms with Crippen LogP contribution in [-0.2, 0) is 14.3 Å². The van der Waals surface area contributed by atoms with Gasteiger partial charge in [0.1, 0.15) is 24.9 Å². The Morgan fingerprint density at radius 3 is 1.54 bits per heavy atom. The zero-order valence-electron chi connectivity index (χ0n) is 21.7. The monoisotopic (exact) mass is 505 g/mol. The van der Waals surface area contributed by atoms with Gasteiger partial charge in [-0.1, -0.05) is 103 Å². The van der Waals surface area contributed by atoms with Crippen molar-refractivity contribution in [2.45, 2.75) is 134 Å². The van der Waals surface area contributed by atoms with E-state index in [-0.39, 0.29) is 6.61 Å². The van der Waals surface area contributed by atoms with Crippen LogP contribution in [0.25, 0.3) is 0 Å². The quantitative estimate of drug-likeness (QED) is 0.0862. The molecule has 9 nitrogen and oxygen atoms in total. The molecule has 35 heavy (non-hydrogen) atoms. The van der Waals surface area contributed by atoms with Gasteiger partial charge in [-0.3, -0.25) is 9.59 Å². The predicted molar refractivity (Wildman–Crippen MR) is 135 cm³/mol. The molecule has 9 heteroatoms. The minimum atomic E-state index is -2.07. The number of ether oxygens (including phenoxy) is 1. The van der Waals surface area contributed by atoms with E-state index < -0.39 is 49.4 Å². The smallest absolute Gasteiger partial charge is 0.325 e. The molecule has 0 saturated heterocycles. The van der Waals surface area contributed by atoms with Crippen LogP contribution in [0.2, 0.25) is 0 Å². The normalized spacial score (nSPS) is 14.8. The zero-order valence-corrected chi connectivity index (χ0v) is 21.7. The van der Waals surface area contributed by atoms with E-state index in [1.165, 1.54) is 83.5 Å². The molecule has 0 aliphatic rings. The molecule has 0 aliphatic carbocycles. The van der Waals surface area contributed by atoms with Crippen LogP contribution in [0.1, 0.15) is 110 Å². The molecule has 0 aromatic carbocycles. The summed E-state index contributed by atoms with van der Waals surface area (Å²) in [4.78, 5) is 23.4. The van der Waals surface area contributed by atoms with Gasteiger partial charge in [-0.15, -0.1) is 0 Å². The van der Waals surface area contributed by atoms with Gasteiger partial charge in [-0.2, -0.15) is 0 Å². The summed E-state index contributed by atoms with van der Waals surface area (Å²) in [5.41, 5.74) is 0. The van der Waals surface area contributed by atoms with Gasteiger partial charge in [-0.25, -0.2) is 0 Å². The molecule has 0 aliphatic heterocycles. The molecular weight excluding hydrogens is 454 g/mol. The lowest BCUT2D eigenvalue weighted by Gasteiger charge is -2.24. The van der Waals surface area contributed by atoms with Gasteiger partial charge in [0.25, 0.3) is 5.91 Å². The first-order valence-corrected chi connectivity index (χ1v) is 13.6. The van der Waals surface area contributed by atoms with Gasteiger partial charge >= 0.3 is 5.97 Å². The van der Waals surface area contributed by atoms with E-state index in [9.17, 15) is 30.0 Å². The lowest BCUT2D eigenvalue weighted by Crippen LogP contribution is -2.52. The van der Waals surface area contributed by atoms with Crippen molar-refractivity contribution in [1.82, 2.24) is 5.32 Å². The van der Waals surface area contributed by atoms with Crippen molar-refractivity contribution in [3.63, 3.8) is 0 Å². The topological polar surface area (TPSA) is 157 Å². The third-order valence-electron chi connectivity index (χ3n) is 6.19. The number of amides is 1. The third kappa shape index (κ3) is 18.6. The van der Waals surface area contributed by atoms with Crippen molar-refractivity contribution in [3.8, 4) is 0 Å². The molecule has 0 aromatic heterocycles. The minimum absolute atomic E-state index is 0.250. The Morgan fingerprint density at radius 1 is 0.686 bits per heavy atom. The Morgan fingerprint density at radius 2 is 1.11 bits per heavy atom. The SMILES string of the molecule is CCCCCCCCCCCCCCCCCCOC(=O)CNC(=O)[C@H](O)[C@@H](O)[C@H](O)[C@H](O)CO. The van der Waals surface area contributed by atoms with Crippen LogP contribution in [0.5, 0.6) is 0 Å². The first kappa shape index (κ1) is 33.7. The number of nitrogens with one attached hydrogen (secondary N) is 1. The molecule has 0 rings (SSSR count). The van der Waals surface area contributed by atoms with E-state index >= 15 is 0 Å². The van der Waals surface area contributed by atoms with Crippen molar-refractivity contribution in [1.29, 1.82) is 0 Å². The zero-order chi connectivity index (χ0) is 26.3. The Kier molecular flexibility index (Phi) is 22.3. The van der Waals surface area contributed by atoms with Gasteiger partial charge in [0.15, 0.2) is 6.10 Å². The van der Waals surface area contributed by atoms with Gasteiger partial charge in [0, 0.05) is 0 Å². The molecule has 6 N–H and O–H groups in total. The highest BCUT2D eigenvalue weighted by atomic mass is 16.5. The number of aliphatic hydroxyl groups excluding tert-OH is 5. The summed E-state index contributed by atoms with van der Waals surface area (Å²) in [6.07, 6.45) is 12.4. The number of hydrogen-bond acceptors (Lipinski definition) is 8. The first-order valence-electron chi connectivity index (χ1n) is 13.6. The molecular formula is C26H51NO8. The number of aliphatic hydroxyl groups is 5. The highest BCUT2D eigenvalue weighted by Crippen LogP contribution is 2.13. The number of hydrogen-bond donors (Lipinski definition) is 6. The molecule has 0 bridgehead atoms. The summed E-state index contributed by atoms with van der Waals surface area (Å²) < 4.78 is 5.03. The van der Waals surface area contributed by atoms with Gasteiger partial charge in [0.2, 0.25) is 0 Å². The van der Waals surface area contributed by atoms with Gasteiger partial charge in [0.05, 0.1) is 13.2 Å². The van der Waals surface area contributed by atoms with E-state index in [4.69, 9.17) is 9.84 Å². The van der Waals surface area contributed by atoms with Crippen molar-refractivity contribution in [2.75, 3.05) is 19.8 Å². The van der Waals surface area contributed by atoms with Crippen LogP contribution in [0.3, 0.4) is 0 Å². The number of rotatable bonds is 24. The predicted octanol–water partition coefficient (Wildman–Crippen LogP) is 2.34. The second-order valence-electron chi connectivity index (χ2n) is 9.42. The fourth-order valence-corrected chi connectivity index (χ4v) is 3.83. The van der Waals surface area contributed by atoms with Crippen molar-refractivity contribution in [2.24, 2.45) is 0 Å². The van der Waals surface area contributed by atoms with E-state index in [2.05, 4.69) is 12.2 Å². The highest BCUT2D eigenvalue weighted by Gasteiger charge is 2.34. The Bertz CT molecular complexity index is 520. The molecule has 4 atom stereocenters. The third-order valence-corrected chi connectivity index (χ3v) is 6.19. The van der Waals surface area contributed by atoms with E-state index in [0.717, 1.165) is 19.3 Å². The average Bonchev–Trinajstić information content (AvgIpc) is 2.87. The van der Waals surface area contributed by atoms with Crippen LogP contribution >= 0.6 is 0 Å². The Labute approximate surface area is 211 Å². The largest absolute Gasteiger partial charge is 0.464 e. The molecule has 0 fully saturated rings. The van der Waals surface area contributed by atoms with E-state index in [0.29, 0.717) is 0 Å². The first-order chi connectivity index (χ1) is 16.8. The minimum Gasteiger partial charge on any atom is -0.464 e. The molecule has 0 saturated carbocycles. The highest BCUT2D eigenvalue weighted by molar-refractivity contribution is 5.85. The summed E-state index contributed by atoms with van der Waals surface area (Å²) in [5.74, 6) is -1.77. The van der Waals surface area contributed by atoms with Crippen molar-refractivity contribution < 1.29 is 39.9 Å². The van der Waals surface area contributed by atoms with Crippen molar-refractivity contribution in [3.05, 3.63) is 0 Å². The molecule has 0 unspecified atom stereocenters. The van der Waals surface area contributed by atoms with Gasteiger partial charge < -0.3 is 35.6 Å². The number of esters is 1. The summed E-state index contributed by atoms with van der Waals surface area (Å²) in [7, 11) is 0. The lowest BCUT2D eigenvalue weighted by atomic mass is 10.0. The average molecular weight is 506 g/mol. The van der Waals surface area contributed by atoms with Crippen LogP contribution < -0.4 is 5.32 Å². The van der Waals surface area contributed by atoms with Crippen LogP contribution in [0.4, 0.5) is 0 Å². The molecule has 1 amide bonds. The maximum atomic E-state index is 11.8. The van der Waals surface area contributed by atoms with Crippen molar-refractivity contribution >= 4 is 11.9 Å². The van der Waals surface area contributed by atoms with Crippen LogP contribution in [0.15, 0.2) is 0 Å². The Balaban J connectivity index is 3.54. The van der Waals surface area contributed by atoms with Crippen LogP contribution in [-0.4, -0.2) is 81.6 Å². The van der Waals surface area contributed by atoms with Gasteiger partial charge in [-0.05, 0) is 6.42 Å². The summed E-state index contributed by atoms with van der Waals surface area (Å²) in [6, 6.07) is 0. The molecule has 0 radical (unpaired) electrons. The molecule has 0 aromatic rings. The fourth-order valence-electron chi connectivity index (χ4n) is 3.83. The number of carbonyl (C=O) groups excluding carboxylic acids is 2. The lowest BCUT2D eigenvalue weighted by molar-refractivity contribution is -0.152. The molecule has 0 heterocycles. The molecule has 208 valence electrons. The maximum absolute atomic E-state index is 11.8. The molecule has 0 spiro atoms. The Hall–Kier alpha value is -1.26. The second-order valence-corrected chi connectivity index (χ2v) is 9.42. The maximum Gasteiger partial charge on any atom is 0.325 e. The number of carbonyl (C=O) groups is 2. The van der Waals surface area contributed by atoms with E-state index in [1.807, 2.05) is 0 Å². The number of unbranched alkanes of at least 4 members (excludes halogenated alkanes) is 15. The van der Waals surface area contributed by atoms with E-state index in [1.54, 1.807) is 0 Å². The standard InChI is InChI=1S/C26H51NO8/c1-2-3-4-5-6-7-8-9-10-11-12-13-14-15-16-17-18-35-22(30)19-27-26(34)25(33)24(32)23(31)21(29)20-28/h21,23-25,28-29,31-33H,2-20H2,1H3,(H,27,34)/t21-,23-,24+,25-/m1/s1. The summed E-state index contributed by atoms with van der Waals surface area (Å²) in [5, 5.41) is 48.9. The fraction of sp³-hybridized carbons (Fsp3) is 0.923.